The zero-order valence-electron chi connectivity index (χ0n) is 9.90. The third-order valence-corrected chi connectivity index (χ3v) is 3.70. The molecular weight excluding hydrogens is 218 g/mol. The van der Waals surface area contributed by atoms with Crippen LogP contribution in [0.25, 0.3) is 0 Å². The van der Waals surface area contributed by atoms with Crippen LogP contribution in [-0.4, -0.2) is 9.78 Å². The van der Waals surface area contributed by atoms with Crippen LogP contribution in [0.2, 0.25) is 0 Å². The lowest BCUT2D eigenvalue weighted by Crippen LogP contribution is -2.15. The molecule has 2 N–H and O–H groups in total. The molecule has 1 atom stereocenters. The molecule has 0 aliphatic heterocycles. The topological polar surface area (TPSA) is 43.8 Å². The summed E-state index contributed by atoms with van der Waals surface area (Å²) in [5.41, 5.74) is 11.0. The maximum absolute atomic E-state index is 6.22. The van der Waals surface area contributed by atoms with E-state index >= 15 is 0 Å². The van der Waals surface area contributed by atoms with Crippen LogP contribution in [0.4, 0.5) is 0 Å². The van der Waals surface area contributed by atoms with Gasteiger partial charge >= 0.3 is 0 Å². The molecule has 2 aromatic heterocycles. The van der Waals surface area contributed by atoms with E-state index in [9.17, 15) is 0 Å². The summed E-state index contributed by atoms with van der Waals surface area (Å²) in [5.74, 6) is 0. The van der Waals surface area contributed by atoms with E-state index in [0.717, 1.165) is 12.1 Å². The normalized spacial score (nSPS) is 13.0. The number of hydrogen-bond donors (Lipinski definition) is 1. The van der Waals surface area contributed by atoms with Gasteiger partial charge in [0.05, 0.1) is 5.69 Å². The van der Waals surface area contributed by atoms with Crippen molar-refractivity contribution >= 4 is 11.3 Å². The molecule has 3 nitrogen and oxygen atoms in total. The number of nitrogens with zero attached hydrogens (tertiary/aromatic N) is 2. The van der Waals surface area contributed by atoms with E-state index in [1.807, 2.05) is 18.7 Å². The Hall–Kier alpha value is -1.13. The molecule has 0 aliphatic rings. The van der Waals surface area contributed by atoms with Gasteiger partial charge < -0.3 is 5.73 Å². The average Bonchev–Trinajstić information content (AvgIpc) is 2.74. The molecule has 0 aromatic carbocycles. The van der Waals surface area contributed by atoms with Crippen LogP contribution in [-0.2, 0) is 13.5 Å². The lowest BCUT2D eigenvalue weighted by atomic mass is 10.0. The number of aryl methyl sites for hydroxylation is 3. The van der Waals surface area contributed by atoms with Crippen LogP contribution in [0.3, 0.4) is 0 Å². The van der Waals surface area contributed by atoms with Crippen LogP contribution >= 0.6 is 11.3 Å². The van der Waals surface area contributed by atoms with Crippen molar-refractivity contribution in [1.82, 2.24) is 9.78 Å². The largest absolute Gasteiger partial charge is 0.324 e. The molecule has 0 aliphatic carbocycles. The van der Waals surface area contributed by atoms with Gasteiger partial charge in [-0.2, -0.15) is 16.4 Å². The Morgan fingerprint density at radius 2 is 2.19 bits per heavy atom. The second kappa shape index (κ2) is 4.39. The summed E-state index contributed by atoms with van der Waals surface area (Å²) in [5, 5.41) is 8.62. The van der Waals surface area contributed by atoms with Crippen molar-refractivity contribution in [2.45, 2.75) is 26.3 Å². The minimum atomic E-state index is 0.0704. The maximum atomic E-state index is 6.22. The Morgan fingerprint density at radius 1 is 1.44 bits per heavy atom. The highest BCUT2D eigenvalue weighted by Gasteiger charge is 2.13. The zero-order chi connectivity index (χ0) is 11.7. The first-order chi connectivity index (χ1) is 7.58. The van der Waals surface area contributed by atoms with Gasteiger partial charge in [0.25, 0.3) is 0 Å². The number of rotatable bonds is 3. The maximum Gasteiger partial charge on any atom is 0.0596 e. The Balaban J connectivity index is 2.16. The lowest BCUT2D eigenvalue weighted by Gasteiger charge is -2.11. The van der Waals surface area contributed by atoms with Gasteiger partial charge in [-0.05, 0) is 41.8 Å². The van der Waals surface area contributed by atoms with Crippen molar-refractivity contribution < 1.29 is 0 Å². The molecule has 2 rings (SSSR count). The number of hydrogen-bond acceptors (Lipinski definition) is 3. The van der Waals surface area contributed by atoms with Gasteiger partial charge in [-0.1, -0.05) is 0 Å². The molecule has 16 heavy (non-hydrogen) atoms. The third kappa shape index (κ3) is 2.18. The SMILES string of the molecule is Cc1cc(CC(N)c2cscc2C)n(C)n1. The first-order valence-corrected chi connectivity index (χ1v) is 6.30. The van der Waals surface area contributed by atoms with Crippen molar-refractivity contribution in [1.29, 1.82) is 0 Å². The fraction of sp³-hybridized carbons (Fsp3) is 0.417. The highest BCUT2D eigenvalue weighted by Crippen LogP contribution is 2.23. The van der Waals surface area contributed by atoms with Gasteiger partial charge in [-0.15, -0.1) is 0 Å². The number of nitrogens with two attached hydrogens (primary N) is 1. The van der Waals surface area contributed by atoms with Crippen molar-refractivity contribution in [3.8, 4) is 0 Å². The lowest BCUT2D eigenvalue weighted by molar-refractivity contribution is 0.639. The van der Waals surface area contributed by atoms with E-state index in [0.29, 0.717) is 0 Å². The van der Waals surface area contributed by atoms with E-state index in [4.69, 9.17) is 5.73 Å². The molecule has 86 valence electrons. The van der Waals surface area contributed by atoms with Gasteiger partial charge in [-0.3, -0.25) is 4.68 Å². The molecule has 0 fully saturated rings. The fourth-order valence-corrected chi connectivity index (χ4v) is 2.86. The van der Waals surface area contributed by atoms with Crippen LogP contribution in [0.15, 0.2) is 16.8 Å². The number of aromatic nitrogens is 2. The van der Waals surface area contributed by atoms with Crippen molar-refractivity contribution in [3.63, 3.8) is 0 Å². The molecule has 0 bridgehead atoms. The van der Waals surface area contributed by atoms with Crippen LogP contribution < -0.4 is 5.73 Å². The summed E-state index contributed by atoms with van der Waals surface area (Å²) >= 11 is 1.71. The monoisotopic (exact) mass is 235 g/mol. The molecule has 4 heteroatoms. The molecule has 1 unspecified atom stereocenters. The summed E-state index contributed by atoms with van der Waals surface area (Å²) in [6.45, 7) is 4.12. The van der Waals surface area contributed by atoms with Crippen molar-refractivity contribution in [3.05, 3.63) is 39.3 Å². The molecule has 0 radical (unpaired) electrons. The van der Waals surface area contributed by atoms with Gasteiger partial charge in [0.15, 0.2) is 0 Å². The highest BCUT2D eigenvalue weighted by molar-refractivity contribution is 7.08. The Bertz CT molecular complexity index is 484. The molecule has 0 amide bonds. The van der Waals surface area contributed by atoms with Crippen molar-refractivity contribution in [2.75, 3.05) is 0 Å². The van der Waals surface area contributed by atoms with Crippen LogP contribution in [0.5, 0.6) is 0 Å². The van der Waals surface area contributed by atoms with E-state index < -0.39 is 0 Å². The molecule has 2 heterocycles. The fourth-order valence-electron chi connectivity index (χ4n) is 1.94. The van der Waals surface area contributed by atoms with Gasteiger partial charge in [0, 0.05) is 25.2 Å². The Kier molecular flexibility index (Phi) is 3.12. The van der Waals surface area contributed by atoms with E-state index in [-0.39, 0.29) is 6.04 Å². The molecule has 0 saturated carbocycles. The Labute approximate surface area is 99.9 Å². The average molecular weight is 235 g/mol. The highest BCUT2D eigenvalue weighted by atomic mass is 32.1. The molecule has 0 saturated heterocycles. The summed E-state index contributed by atoms with van der Waals surface area (Å²) in [6.07, 6.45) is 0.842. The summed E-state index contributed by atoms with van der Waals surface area (Å²) in [6, 6.07) is 2.17. The van der Waals surface area contributed by atoms with Gasteiger partial charge in [0.2, 0.25) is 0 Å². The quantitative estimate of drug-likeness (QED) is 0.887. The Morgan fingerprint density at radius 3 is 2.69 bits per heavy atom. The summed E-state index contributed by atoms with van der Waals surface area (Å²) in [4.78, 5) is 0. The standard InChI is InChI=1S/C12H17N3S/c1-8-6-16-7-11(8)12(13)5-10-4-9(2)14-15(10)3/h4,6-7,12H,5,13H2,1-3H3. The van der Waals surface area contributed by atoms with Gasteiger partial charge in [-0.25, -0.2) is 0 Å². The van der Waals surface area contributed by atoms with E-state index in [2.05, 4.69) is 28.8 Å². The second-order valence-electron chi connectivity index (χ2n) is 4.22. The first-order valence-electron chi connectivity index (χ1n) is 5.35. The predicted molar refractivity (Wildman–Crippen MR) is 67.6 cm³/mol. The summed E-state index contributed by atoms with van der Waals surface area (Å²) in [7, 11) is 1.97. The predicted octanol–water partition coefficient (Wildman–Crippen LogP) is 2.34. The minimum absolute atomic E-state index is 0.0704. The first kappa shape index (κ1) is 11.4. The second-order valence-corrected chi connectivity index (χ2v) is 4.96. The van der Waals surface area contributed by atoms with Crippen molar-refractivity contribution in [2.24, 2.45) is 12.8 Å². The minimum Gasteiger partial charge on any atom is -0.324 e. The summed E-state index contributed by atoms with van der Waals surface area (Å²) < 4.78 is 1.91. The van der Waals surface area contributed by atoms with Crippen LogP contribution in [0, 0.1) is 13.8 Å². The van der Waals surface area contributed by atoms with Gasteiger partial charge in [0.1, 0.15) is 0 Å². The third-order valence-electron chi connectivity index (χ3n) is 2.82. The smallest absolute Gasteiger partial charge is 0.0596 e. The molecule has 0 spiro atoms. The zero-order valence-corrected chi connectivity index (χ0v) is 10.7. The molecular formula is C12H17N3S. The van der Waals surface area contributed by atoms with Crippen LogP contribution in [0.1, 0.15) is 28.6 Å². The molecule has 2 aromatic rings. The number of thiophene rings is 1. The van der Waals surface area contributed by atoms with E-state index in [1.165, 1.54) is 16.8 Å². The van der Waals surface area contributed by atoms with E-state index in [1.54, 1.807) is 11.3 Å².